The van der Waals surface area contributed by atoms with Gasteiger partial charge in [-0.25, -0.2) is 4.39 Å². The predicted molar refractivity (Wildman–Crippen MR) is 86.3 cm³/mol. The summed E-state index contributed by atoms with van der Waals surface area (Å²) < 4.78 is 19.1. The lowest BCUT2D eigenvalue weighted by molar-refractivity contribution is 0.415. The summed E-state index contributed by atoms with van der Waals surface area (Å²) in [5.74, 6) is 0.311. The van der Waals surface area contributed by atoms with Crippen LogP contribution in [-0.4, -0.2) is 12.1 Å². The van der Waals surface area contributed by atoms with Gasteiger partial charge in [-0.15, -0.1) is 0 Å². The van der Waals surface area contributed by atoms with E-state index in [0.717, 1.165) is 27.6 Å². The van der Waals surface area contributed by atoms with Crippen molar-refractivity contribution in [3.05, 3.63) is 59.7 Å². The topological polar surface area (TPSA) is 48.1 Å². The molecule has 1 aromatic heterocycles. The highest BCUT2D eigenvalue weighted by Gasteiger charge is 2.13. The van der Waals surface area contributed by atoms with Crippen LogP contribution in [-0.2, 0) is 6.54 Å². The molecule has 3 aromatic rings. The molecule has 0 aliphatic carbocycles. The van der Waals surface area contributed by atoms with Gasteiger partial charge in [0, 0.05) is 29.3 Å². The molecule has 0 aliphatic rings. The van der Waals surface area contributed by atoms with Crippen LogP contribution in [0.3, 0.4) is 0 Å². The maximum Gasteiger partial charge on any atom is 0.126 e. The van der Waals surface area contributed by atoms with E-state index in [0.29, 0.717) is 17.9 Å². The van der Waals surface area contributed by atoms with Crippen LogP contribution in [0.1, 0.15) is 11.3 Å². The average molecular weight is 296 g/mol. The first-order valence-electron chi connectivity index (χ1n) is 7.06. The second-order valence-electron chi connectivity index (χ2n) is 5.22. The number of nitrogens with two attached hydrogens (primary N) is 1. The minimum atomic E-state index is -0.306. The van der Waals surface area contributed by atoms with Crippen molar-refractivity contribution in [2.45, 2.75) is 13.5 Å². The molecule has 0 aliphatic heterocycles. The predicted octanol–water partition coefficient (Wildman–Crippen LogP) is 3.82. The van der Waals surface area contributed by atoms with Gasteiger partial charge in [-0.1, -0.05) is 23.8 Å². The molecule has 4 heteroatoms. The summed E-state index contributed by atoms with van der Waals surface area (Å²) in [7, 11) is 1.58. The summed E-state index contributed by atoms with van der Waals surface area (Å²) in [5.41, 5.74) is 9.26. The number of hydrogen-bond donors (Lipinski definition) is 1. The Balaban J connectivity index is 2.37. The van der Waals surface area contributed by atoms with E-state index < -0.39 is 0 Å². The monoisotopic (exact) mass is 296 g/mol. The normalized spacial score (nSPS) is 10.9. The van der Waals surface area contributed by atoms with Crippen LogP contribution in [0.4, 0.5) is 4.39 Å². The van der Waals surface area contributed by atoms with Gasteiger partial charge in [0.05, 0.1) is 12.8 Å². The number of hydrogen-bond acceptors (Lipinski definition) is 3. The molecule has 1 heterocycles. The second-order valence-corrected chi connectivity index (χ2v) is 5.22. The maximum atomic E-state index is 13.7. The number of fused-ring (bicyclic) bond motifs is 1. The number of ether oxygens (including phenoxy) is 1. The van der Waals surface area contributed by atoms with Crippen LogP contribution in [0.2, 0.25) is 0 Å². The molecule has 3 rings (SSSR count). The number of benzene rings is 2. The van der Waals surface area contributed by atoms with Gasteiger partial charge in [-0.3, -0.25) is 4.98 Å². The molecule has 2 aromatic carbocycles. The quantitative estimate of drug-likeness (QED) is 0.799. The largest absolute Gasteiger partial charge is 0.496 e. The summed E-state index contributed by atoms with van der Waals surface area (Å²) in [6.45, 7) is 2.38. The summed E-state index contributed by atoms with van der Waals surface area (Å²) >= 11 is 0. The van der Waals surface area contributed by atoms with Gasteiger partial charge in [0.15, 0.2) is 0 Å². The van der Waals surface area contributed by atoms with Crippen LogP contribution in [0.5, 0.6) is 5.75 Å². The summed E-state index contributed by atoms with van der Waals surface area (Å²) in [6, 6.07) is 10.6. The Morgan fingerprint density at radius 1 is 1.09 bits per heavy atom. The van der Waals surface area contributed by atoms with Crippen LogP contribution in [0.15, 0.2) is 42.6 Å². The van der Waals surface area contributed by atoms with Gasteiger partial charge in [-0.2, -0.15) is 0 Å². The molecule has 0 amide bonds. The molecule has 0 radical (unpaired) electrons. The van der Waals surface area contributed by atoms with Gasteiger partial charge >= 0.3 is 0 Å². The molecule has 22 heavy (non-hydrogen) atoms. The minimum Gasteiger partial charge on any atom is -0.496 e. The molecule has 2 N–H and O–H groups in total. The third-order valence-electron chi connectivity index (χ3n) is 3.77. The van der Waals surface area contributed by atoms with Crippen molar-refractivity contribution in [1.29, 1.82) is 0 Å². The van der Waals surface area contributed by atoms with E-state index in [2.05, 4.69) is 11.1 Å². The molecule has 3 nitrogen and oxygen atoms in total. The summed E-state index contributed by atoms with van der Waals surface area (Å²) in [5, 5.41) is 1.98. The number of rotatable bonds is 3. The smallest absolute Gasteiger partial charge is 0.126 e. The molecule has 112 valence electrons. The van der Waals surface area contributed by atoms with E-state index in [1.54, 1.807) is 19.4 Å². The zero-order valence-electron chi connectivity index (χ0n) is 12.6. The number of halogens is 1. The Labute approximate surface area is 128 Å². The number of methoxy groups -OCH3 is 1. The Morgan fingerprint density at radius 2 is 1.91 bits per heavy atom. The van der Waals surface area contributed by atoms with E-state index >= 15 is 0 Å². The van der Waals surface area contributed by atoms with Crippen LogP contribution in [0, 0.1) is 12.7 Å². The van der Waals surface area contributed by atoms with Crippen molar-refractivity contribution in [1.82, 2.24) is 4.98 Å². The van der Waals surface area contributed by atoms with Crippen molar-refractivity contribution in [3.8, 4) is 16.9 Å². The highest BCUT2D eigenvalue weighted by molar-refractivity contribution is 5.99. The molecule has 0 saturated carbocycles. The van der Waals surface area contributed by atoms with Crippen LogP contribution < -0.4 is 10.5 Å². The van der Waals surface area contributed by atoms with E-state index in [4.69, 9.17) is 10.5 Å². The molecule has 0 atom stereocenters. The molecular formula is C18H17FN2O. The SMILES string of the molecule is COc1ccc(F)cc1-c1cnc(CN)c2ccc(C)cc12. The first kappa shape index (κ1) is 14.5. The Morgan fingerprint density at radius 3 is 2.64 bits per heavy atom. The molecular weight excluding hydrogens is 279 g/mol. The van der Waals surface area contributed by atoms with E-state index in [-0.39, 0.29) is 5.82 Å². The van der Waals surface area contributed by atoms with E-state index in [1.807, 2.05) is 19.1 Å². The Kier molecular flexibility index (Phi) is 3.77. The Bertz CT molecular complexity index is 846. The fourth-order valence-corrected chi connectivity index (χ4v) is 2.68. The minimum absolute atomic E-state index is 0.306. The maximum absolute atomic E-state index is 13.7. The highest BCUT2D eigenvalue weighted by atomic mass is 19.1. The number of pyridine rings is 1. The molecule has 0 bridgehead atoms. The van der Waals surface area contributed by atoms with Crippen molar-refractivity contribution in [3.63, 3.8) is 0 Å². The summed E-state index contributed by atoms with van der Waals surface area (Å²) in [6.07, 6.45) is 1.74. The third kappa shape index (κ3) is 2.42. The van der Waals surface area contributed by atoms with Crippen molar-refractivity contribution in [2.24, 2.45) is 5.73 Å². The van der Waals surface area contributed by atoms with Gasteiger partial charge in [-0.05, 0) is 30.5 Å². The van der Waals surface area contributed by atoms with Gasteiger partial charge in [0.2, 0.25) is 0 Å². The van der Waals surface area contributed by atoms with Gasteiger partial charge in [0.1, 0.15) is 11.6 Å². The van der Waals surface area contributed by atoms with Crippen LogP contribution in [0.25, 0.3) is 21.9 Å². The van der Waals surface area contributed by atoms with E-state index in [1.165, 1.54) is 12.1 Å². The Hall–Kier alpha value is -2.46. The van der Waals surface area contributed by atoms with Gasteiger partial charge < -0.3 is 10.5 Å². The summed E-state index contributed by atoms with van der Waals surface area (Å²) in [4.78, 5) is 4.43. The lowest BCUT2D eigenvalue weighted by Crippen LogP contribution is -2.01. The lowest BCUT2D eigenvalue weighted by atomic mass is 9.97. The zero-order chi connectivity index (χ0) is 15.7. The van der Waals surface area contributed by atoms with E-state index in [9.17, 15) is 4.39 Å². The first-order valence-corrected chi connectivity index (χ1v) is 7.06. The molecule has 0 fully saturated rings. The average Bonchev–Trinajstić information content (AvgIpc) is 2.53. The molecule has 0 unspecified atom stereocenters. The molecule has 0 spiro atoms. The fraction of sp³-hybridized carbons (Fsp3) is 0.167. The van der Waals surface area contributed by atoms with Crippen molar-refractivity contribution in [2.75, 3.05) is 7.11 Å². The second kappa shape index (κ2) is 5.73. The fourth-order valence-electron chi connectivity index (χ4n) is 2.68. The highest BCUT2D eigenvalue weighted by Crippen LogP contribution is 2.36. The van der Waals surface area contributed by atoms with Gasteiger partial charge in [0.25, 0.3) is 0 Å². The lowest BCUT2D eigenvalue weighted by Gasteiger charge is -2.13. The molecule has 0 saturated heterocycles. The number of aryl methyl sites for hydroxylation is 1. The standard InChI is InChI=1S/C18H17FN2O/c1-11-3-5-13-14(7-11)16(10-21-17(13)9-20)15-8-12(19)4-6-18(15)22-2/h3-8,10H,9,20H2,1-2H3. The van der Waals surface area contributed by atoms with Crippen LogP contribution >= 0.6 is 0 Å². The number of nitrogens with zero attached hydrogens (tertiary/aromatic N) is 1. The van der Waals surface area contributed by atoms with Crippen molar-refractivity contribution < 1.29 is 9.13 Å². The van der Waals surface area contributed by atoms with Crippen molar-refractivity contribution >= 4 is 10.8 Å². The first-order chi connectivity index (χ1) is 10.6. The third-order valence-corrected chi connectivity index (χ3v) is 3.77. The zero-order valence-corrected chi connectivity index (χ0v) is 12.6. The number of aromatic nitrogens is 1.